The molecule has 1 fully saturated rings. The van der Waals surface area contributed by atoms with Gasteiger partial charge in [-0.1, -0.05) is 13.8 Å². The van der Waals surface area contributed by atoms with Gasteiger partial charge in [0.05, 0.1) is 0 Å². The second-order valence-electron chi connectivity index (χ2n) is 5.81. The van der Waals surface area contributed by atoms with Gasteiger partial charge in [-0.15, -0.1) is 0 Å². The lowest BCUT2D eigenvalue weighted by Gasteiger charge is -2.38. The fourth-order valence-electron chi connectivity index (χ4n) is 2.19. The zero-order valence-electron chi connectivity index (χ0n) is 11.5. The van der Waals surface area contributed by atoms with Gasteiger partial charge in [-0.25, -0.2) is 0 Å². The quantitative estimate of drug-likeness (QED) is 0.749. The molecule has 0 radical (unpaired) electrons. The molecule has 0 aromatic heterocycles. The number of piperidine rings is 1. The molecule has 0 saturated carbocycles. The average molecular weight is 241 g/mol. The maximum absolute atomic E-state index is 11.8. The molecule has 0 aromatic carbocycles. The van der Waals surface area contributed by atoms with E-state index in [0.717, 1.165) is 38.9 Å². The van der Waals surface area contributed by atoms with Crippen LogP contribution in [0.4, 0.5) is 0 Å². The second kappa shape index (κ2) is 6.36. The molecule has 17 heavy (non-hydrogen) atoms. The van der Waals surface area contributed by atoms with Gasteiger partial charge >= 0.3 is 0 Å². The Morgan fingerprint density at radius 3 is 2.59 bits per heavy atom. The van der Waals surface area contributed by atoms with E-state index in [1.807, 2.05) is 6.92 Å². The summed E-state index contributed by atoms with van der Waals surface area (Å²) in [5, 5.41) is 3.08. The summed E-state index contributed by atoms with van der Waals surface area (Å²) in [6.45, 7) is 7.85. The number of carbonyl (C=O) groups is 1. The van der Waals surface area contributed by atoms with Crippen molar-refractivity contribution in [2.75, 3.05) is 33.2 Å². The maximum Gasteiger partial charge on any atom is 0.222 e. The maximum atomic E-state index is 11.8. The van der Waals surface area contributed by atoms with Crippen molar-refractivity contribution >= 4 is 5.91 Å². The molecular weight excluding hydrogens is 214 g/mol. The highest BCUT2D eigenvalue weighted by Crippen LogP contribution is 2.29. The Kier molecular flexibility index (Phi) is 5.40. The molecule has 1 unspecified atom stereocenters. The van der Waals surface area contributed by atoms with Crippen LogP contribution in [0.1, 0.15) is 33.1 Å². The van der Waals surface area contributed by atoms with Crippen LogP contribution in [0.5, 0.6) is 0 Å². The molecule has 4 heteroatoms. The van der Waals surface area contributed by atoms with Crippen LogP contribution in [0.3, 0.4) is 0 Å². The number of amides is 1. The average Bonchev–Trinajstić information content (AvgIpc) is 2.31. The minimum Gasteiger partial charge on any atom is -0.355 e. The molecular formula is C13H27N3O. The first kappa shape index (κ1) is 14.5. The molecule has 1 atom stereocenters. The number of nitrogens with one attached hydrogen (secondary N) is 1. The van der Waals surface area contributed by atoms with Crippen molar-refractivity contribution in [3.63, 3.8) is 0 Å². The van der Waals surface area contributed by atoms with Gasteiger partial charge in [-0.2, -0.15) is 0 Å². The zero-order valence-corrected chi connectivity index (χ0v) is 11.5. The van der Waals surface area contributed by atoms with Crippen LogP contribution in [-0.4, -0.2) is 44.0 Å². The fourth-order valence-corrected chi connectivity index (χ4v) is 2.19. The lowest BCUT2D eigenvalue weighted by atomic mass is 9.80. The van der Waals surface area contributed by atoms with Crippen molar-refractivity contribution in [2.24, 2.45) is 17.1 Å². The van der Waals surface area contributed by atoms with Crippen LogP contribution in [0.15, 0.2) is 0 Å². The number of hydrogen-bond acceptors (Lipinski definition) is 3. The van der Waals surface area contributed by atoms with Crippen molar-refractivity contribution in [1.82, 2.24) is 10.2 Å². The summed E-state index contributed by atoms with van der Waals surface area (Å²) < 4.78 is 0. The molecule has 1 heterocycles. The van der Waals surface area contributed by atoms with Crippen molar-refractivity contribution < 1.29 is 4.79 Å². The third-order valence-corrected chi connectivity index (χ3v) is 3.93. The lowest BCUT2D eigenvalue weighted by Crippen LogP contribution is -2.44. The van der Waals surface area contributed by atoms with Crippen LogP contribution < -0.4 is 11.1 Å². The topological polar surface area (TPSA) is 58.4 Å². The first-order chi connectivity index (χ1) is 7.97. The third-order valence-electron chi connectivity index (χ3n) is 3.93. The first-order valence-corrected chi connectivity index (χ1v) is 6.63. The highest BCUT2D eigenvalue weighted by atomic mass is 16.1. The van der Waals surface area contributed by atoms with Crippen LogP contribution in [0, 0.1) is 11.3 Å². The number of likely N-dealkylation sites (tertiary alicyclic amines) is 1. The summed E-state index contributed by atoms with van der Waals surface area (Å²) in [6.07, 6.45) is 3.09. The molecule has 1 aliphatic rings. The summed E-state index contributed by atoms with van der Waals surface area (Å²) in [5.74, 6) is 0.186. The van der Waals surface area contributed by atoms with Crippen LogP contribution in [-0.2, 0) is 4.79 Å². The molecule has 0 bridgehead atoms. The summed E-state index contributed by atoms with van der Waals surface area (Å²) in [7, 11) is 2.15. The Labute approximate surface area is 105 Å². The van der Waals surface area contributed by atoms with E-state index in [2.05, 4.69) is 24.2 Å². The second-order valence-corrected chi connectivity index (χ2v) is 5.81. The van der Waals surface area contributed by atoms with Crippen molar-refractivity contribution in [3.8, 4) is 0 Å². The van der Waals surface area contributed by atoms with E-state index in [9.17, 15) is 4.79 Å². The molecule has 4 nitrogen and oxygen atoms in total. The van der Waals surface area contributed by atoms with Crippen LogP contribution in [0.25, 0.3) is 0 Å². The van der Waals surface area contributed by atoms with E-state index in [1.165, 1.54) is 0 Å². The van der Waals surface area contributed by atoms with Gasteiger partial charge < -0.3 is 16.0 Å². The Hall–Kier alpha value is -0.610. The first-order valence-electron chi connectivity index (χ1n) is 6.63. The molecule has 1 saturated heterocycles. The van der Waals surface area contributed by atoms with Gasteiger partial charge in [0.25, 0.3) is 0 Å². The Morgan fingerprint density at radius 2 is 2.06 bits per heavy atom. The smallest absolute Gasteiger partial charge is 0.222 e. The molecule has 100 valence electrons. The number of carbonyl (C=O) groups excluding carboxylic acids is 1. The number of nitrogens with zero attached hydrogens (tertiary/aromatic N) is 1. The minimum absolute atomic E-state index is 0.0369. The number of hydrogen-bond donors (Lipinski definition) is 2. The summed E-state index contributed by atoms with van der Waals surface area (Å²) in [5.41, 5.74) is 5.73. The van der Waals surface area contributed by atoms with E-state index in [-0.39, 0.29) is 17.2 Å². The van der Waals surface area contributed by atoms with E-state index in [4.69, 9.17) is 5.73 Å². The highest BCUT2D eigenvalue weighted by Gasteiger charge is 2.29. The van der Waals surface area contributed by atoms with E-state index in [1.54, 1.807) is 0 Å². The Bertz CT molecular complexity index is 247. The van der Waals surface area contributed by atoms with Crippen LogP contribution >= 0.6 is 0 Å². The fraction of sp³-hybridized carbons (Fsp3) is 0.923. The molecule has 3 N–H and O–H groups in total. The number of rotatable bonds is 5. The van der Waals surface area contributed by atoms with Gasteiger partial charge in [0.1, 0.15) is 0 Å². The predicted octanol–water partition coefficient (Wildman–Crippen LogP) is 0.819. The van der Waals surface area contributed by atoms with Gasteiger partial charge in [0, 0.05) is 12.5 Å². The van der Waals surface area contributed by atoms with E-state index < -0.39 is 0 Å². The van der Waals surface area contributed by atoms with Gasteiger partial charge in [0.2, 0.25) is 5.91 Å². The van der Waals surface area contributed by atoms with E-state index in [0.29, 0.717) is 6.54 Å². The van der Waals surface area contributed by atoms with Crippen molar-refractivity contribution in [1.29, 1.82) is 0 Å². The molecule has 1 amide bonds. The molecule has 1 rings (SSSR count). The van der Waals surface area contributed by atoms with Gasteiger partial charge in [-0.05, 0) is 51.4 Å². The molecule has 1 aliphatic heterocycles. The van der Waals surface area contributed by atoms with Crippen molar-refractivity contribution in [2.45, 2.75) is 33.1 Å². The molecule has 0 spiro atoms. The van der Waals surface area contributed by atoms with E-state index >= 15 is 0 Å². The Morgan fingerprint density at radius 1 is 1.47 bits per heavy atom. The van der Waals surface area contributed by atoms with Gasteiger partial charge in [-0.3, -0.25) is 4.79 Å². The summed E-state index contributed by atoms with van der Waals surface area (Å²) in [6, 6.07) is 0. The third kappa shape index (κ3) is 4.64. The Balaban J connectivity index is 2.32. The zero-order chi connectivity index (χ0) is 12.9. The largest absolute Gasteiger partial charge is 0.355 e. The number of nitrogens with two attached hydrogens (primary N) is 1. The predicted molar refractivity (Wildman–Crippen MR) is 70.7 cm³/mol. The monoisotopic (exact) mass is 241 g/mol. The summed E-state index contributed by atoms with van der Waals surface area (Å²) >= 11 is 0. The minimum atomic E-state index is 0.0369. The van der Waals surface area contributed by atoms with Crippen LogP contribution in [0.2, 0.25) is 0 Å². The summed E-state index contributed by atoms with van der Waals surface area (Å²) in [4.78, 5) is 14.2. The lowest BCUT2D eigenvalue weighted by molar-refractivity contribution is -0.125. The SMILES string of the molecule is CC(CCN)C(=O)NCC1(C)CCN(C)CC1. The molecule has 0 aromatic rings. The highest BCUT2D eigenvalue weighted by molar-refractivity contribution is 5.78. The normalized spacial score (nSPS) is 22.1. The standard InChI is InChI=1S/C13H27N3O/c1-11(4-7-14)12(17)15-10-13(2)5-8-16(3)9-6-13/h11H,4-10,14H2,1-3H3,(H,15,17). The molecule has 0 aliphatic carbocycles. The van der Waals surface area contributed by atoms with Crippen molar-refractivity contribution in [3.05, 3.63) is 0 Å². The van der Waals surface area contributed by atoms with Gasteiger partial charge in [0.15, 0.2) is 0 Å².